The van der Waals surface area contributed by atoms with Crippen molar-refractivity contribution in [1.82, 2.24) is 5.32 Å². The second-order valence-electron chi connectivity index (χ2n) is 3.71. The van der Waals surface area contributed by atoms with Crippen LogP contribution in [0.2, 0.25) is 0 Å². The van der Waals surface area contributed by atoms with Crippen LogP contribution in [-0.2, 0) is 4.74 Å². The van der Waals surface area contributed by atoms with E-state index in [2.05, 4.69) is 21.2 Å². The maximum atomic E-state index is 6.16. The summed E-state index contributed by atoms with van der Waals surface area (Å²) in [5.74, 6) is 0. The Kier molecular flexibility index (Phi) is 3.75. The lowest BCUT2D eigenvalue weighted by Gasteiger charge is -2.29. The Morgan fingerprint density at radius 3 is 2.73 bits per heavy atom. The molecule has 0 spiro atoms. The average Bonchev–Trinajstić information content (AvgIpc) is 2.30. The van der Waals surface area contributed by atoms with Gasteiger partial charge in [-0.05, 0) is 17.7 Å². The topological polar surface area (TPSA) is 47.3 Å². The van der Waals surface area contributed by atoms with Gasteiger partial charge in [-0.2, -0.15) is 0 Å². The Morgan fingerprint density at radius 1 is 1.40 bits per heavy atom. The third kappa shape index (κ3) is 2.78. The van der Waals surface area contributed by atoms with Crippen molar-refractivity contribution in [3.8, 4) is 0 Å². The lowest BCUT2D eigenvalue weighted by Crippen LogP contribution is -2.47. The minimum absolute atomic E-state index is 0.00148. The average molecular weight is 271 g/mol. The number of hydrogen-bond donors (Lipinski definition) is 2. The molecule has 2 unspecified atom stereocenters. The minimum atomic E-state index is -0.00148. The van der Waals surface area contributed by atoms with Gasteiger partial charge in [0.2, 0.25) is 0 Å². The van der Waals surface area contributed by atoms with E-state index in [9.17, 15) is 0 Å². The molecule has 1 aromatic carbocycles. The molecule has 0 radical (unpaired) electrons. The summed E-state index contributed by atoms with van der Waals surface area (Å²) >= 11 is 3.41. The summed E-state index contributed by atoms with van der Waals surface area (Å²) in [6.45, 7) is 2.36. The molecule has 0 bridgehead atoms. The van der Waals surface area contributed by atoms with Gasteiger partial charge in [0.05, 0.1) is 13.2 Å². The van der Waals surface area contributed by atoms with E-state index in [0.29, 0.717) is 6.61 Å². The van der Waals surface area contributed by atoms with E-state index >= 15 is 0 Å². The standard InChI is InChI=1S/C11H15BrN2O/c12-9-3-1-8(2-4-9)11(13)10-7-15-6-5-14-10/h1-4,10-11,14H,5-7,13H2. The molecule has 2 atom stereocenters. The maximum Gasteiger partial charge on any atom is 0.0638 e. The Bertz CT molecular complexity index is 309. The Balaban J connectivity index is 2.05. The van der Waals surface area contributed by atoms with Gasteiger partial charge in [-0.25, -0.2) is 0 Å². The summed E-state index contributed by atoms with van der Waals surface area (Å²) in [5, 5.41) is 3.37. The van der Waals surface area contributed by atoms with Crippen molar-refractivity contribution < 1.29 is 4.74 Å². The molecule has 1 aliphatic heterocycles. The number of morpholine rings is 1. The van der Waals surface area contributed by atoms with E-state index in [1.165, 1.54) is 0 Å². The largest absolute Gasteiger partial charge is 0.378 e. The predicted molar refractivity (Wildman–Crippen MR) is 63.7 cm³/mol. The zero-order valence-electron chi connectivity index (χ0n) is 8.45. The second-order valence-corrected chi connectivity index (χ2v) is 4.63. The van der Waals surface area contributed by atoms with Gasteiger partial charge in [0.25, 0.3) is 0 Å². The van der Waals surface area contributed by atoms with Crippen molar-refractivity contribution in [3.05, 3.63) is 34.3 Å². The molecular weight excluding hydrogens is 256 g/mol. The van der Waals surface area contributed by atoms with Crippen molar-refractivity contribution in [2.45, 2.75) is 12.1 Å². The molecule has 0 aromatic heterocycles. The molecule has 0 amide bonds. The van der Waals surface area contributed by atoms with Crippen LogP contribution < -0.4 is 11.1 Å². The second kappa shape index (κ2) is 5.07. The molecule has 15 heavy (non-hydrogen) atoms. The number of nitrogens with one attached hydrogen (secondary N) is 1. The summed E-state index contributed by atoms with van der Waals surface area (Å²) in [7, 11) is 0. The maximum absolute atomic E-state index is 6.16. The van der Waals surface area contributed by atoms with Crippen LogP contribution in [0.3, 0.4) is 0 Å². The van der Waals surface area contributed by atoms with Crippen molar-refractivity contribution in [1.29, 1.82) is 0 Å². The molecule has 0 saturated carbocycles. The number of nitrogens with two attached hydrogens (primary N) is 1. The van der Waals surface area contributed by atoms with Gasteiger partial charge in [0.15, 0.2) is 0 Å². The van der Waals surface area contributed by atoms with E-state index < -0.39 is 0 Å². The summed E-state index contributed by atoms with van der Waals surface area (Å²) in [5.41, 5.74) is 7.30. The molecule has 1 fully saturated rings. The first-order chi connectivity index (χ1) is 7.27. The highest BCUT2D eigenvalue weighted by molar-refractivity contribution is 9.10. The Hall–Kier alpha value is -0.420. The highest BCUT2D eigenvalue weighted by Gasteiger charge is 2.21. The fraction of sp³-hybridized carbons (Fsp3) is 0.455. The van der Waals surface area contributed by atoms with Gasteiger partial charge in [-0.1, -0.05) is 28.1 Å². The molecule has 3 N–H and O–H groups in total. The quantitative estimate of drug-likeness (QED) is 0.855. The highest BCUT2D eigenvalue weighted by atomic mass is 79.9. The molecule has 0 aliphatic carbocycles. The van der Waals surface area contributed by atoms with Crippen LogP contribution in [0.4, 0.5) is 0 Å². The molecule has 1 aromatic rings. The Morgan fingerprint density at radius 2 is 2.13 bits per heavy atom. The molecule has 2 rings (SSSR count). The van der Waals surface area contributed by atoms with Crippen molar-refractivity contribution >= 4 is 15.9 Å². The van der Waals surface area contributed by atoms with E-state index in [-0.39, 0.29) is 12.1 Å². The smallest absolute Gasteiger partial charge is 0.0638 e. The van der Waals surface area contributed by atoms with E-state index in [1.54, 1.807) is 0 Å². The lowest BCUT2D eigenvalue weighted by atomic mass is 10.0. The normalized spacial score (nSPS) is 23.7. The van der Waals surface area contributed by atoms with Gasteiger partial charge in [-0.15, -0.1) is 0 Å². The fourth-order valence-corrected chi connectivity index (χ4v) is 2.00. The molecule has 82 valence electrons. The van der Waals surface area contributed by atoms with Crippen LogP contribution in [0, 0.1) is 0 Å². The van der Waals surface area contributed by atoms with Crippen LogP contribution >= 0.6 is 15.9 Å². The van der Waals surface area contributed by atoms with Gasteiger partial charge < -0.3 is 15.8 Å². The van der Waals surface area contributed by atoms with Gasteiger partial charge in [0, 0.05) is 23.1 Å². The van der Waals surface area contributed by atoms with Crippen molar-refractivity contribution in [3.63, 3.8) is 0 Å². The molecule has 4 heteroatoms. The third-order valence-corrected chi connectivity index (χ3v) is 3.17. The summed E-state index contributed by atoms with van der Waals surface area (Å²) in [6, 6.07) is 8.34. The highest BCUT2D eigenvalue weighted by Crippen LogP contribution is 2.18. The summed E-state index contributed by atoms with van der Waals surface area (Å²) in [6.07, 6.45) is 0. The van der Waals surface area contributed by atoms with Crippen LogP contribution in [-0.4, -0.2) is 25.8 Å². The summed E-state index contributed by atoms with van der Waals surface area (Å²) < 4.78 is 6.47. The van der Waals surface area contributed by atoms with Crippen LogP contribution in [0.15, 0.2) is 28.7 Å². The number of hydrogen-bond acceptors (Lipinski definition) is 3. The molecular formula is C11H15BrN2O. The first kappa shape index (κ1) is 11.1. The first-order valence-electron chi connectivity index (χ1n) is 5.09. The summed E-state index contributed by atoms with van der Waals surface area (Å²) in [4.78, 5) is 0. The van der Waals surface area contributed by atoms with Gasteiger partial charge in [-0.3, -0.25) is 0 Å². The fourth-order valence-electron chi connectivity index (χ4n) is 1.73. The lowest BCUT2D eigenvalue weighted by molar-refractivity contribution is 0.0685. The van der Waals surface area contributed by atoms with Gasteiger partial charge >= 0.3 is 0 Å². The third-order valence-electron chi connectivity index (χ3n) is 2.64. The van der Waals surface area contributed by atoms with Crippen LogP contribution in [0.1, 0.15) is 11.6 Å². The minimum Gasteiger partial charge on any atom is -0.378 e. The van der Waals surface area contributed by atoms with Gasteiger partial charge in [0.1, 0.15) is 0 Å². The van der Waals surface area contributed by atoms with Crippen molar-refractivity contribution in [2.24, 2.45) is 5.73 Å². The zero-order valence-corrected chi connectivity index (χ0v) is 10.0. The zero-order chi connectivity index (χ0) is 10.7. The first-order valence-corrected chi connectivity index (χ1v) is 5.89. The van der Waals surface area contributed by atoms with Crippen LogP contribution in [0.5, 0.6) is 0 Å². The Labute approximate surface area is 98.1 Å². The molecule has 3 nitrogen and oxygen atoms in total. The molecule has 1 heterocycles. The van der Waals surface area contributed by atoms with Crippen LogP contribution in [0.25, 0.3) is 0 Å². The van der Waals surface area contributed by atoms with E-state index in [1.807, 2.05) is 24.3 Å². The number of benzene rings is 1. The van der Waals surface area contributed by atoms with E-state index in [0.717, 1.165) is 23.2 Å². The number of halogens is 1. The number of ether oxygens (including phenoxy) is 1. The SMILES string of the molecule is NC(c1ccc(Br)cc1)C1COCCN1. The number of rotatable bonds is 2. The van der Waals surface area contributed by atoms with Crippen molar-refractivity contribution in [2.75, 3.05) is 19.8 Å². The van der Waals surface area contributed by atoms with E-state index in [4.69, 9.17) is 10.5 Å². The predicted octanol–water partition coefficient (Wildman–Crippen LogP) is 1.44. The molecule has 1 aliphatic rings. The monoisotopic (exact) mass is 270 g/mol. The molecule has 1 saturated heterocycles.